The van der Waals surface area contributed by atoms with Gasteiger partial charge in [0.15, 0.2) is 0 Å². The van der Waals surface area contributed by atoms with Gasteiger partial charge in [0.25, 0.3) is 11.8 Å². The highest BCUT2D eigenvalue weighted by Gasteiger charge is 2.30. The van der Waals surface area contributed by atoms with E-state index in [4.69, 9.17) is 0 Å². The van der Waals surface area contributed by atoms with Gasteiger partial charge in [-0.15, -0.1) is 0 Å². The molecule has 0 bridgehead atoms. The number of hydrogen-bond donors (Lipinski definition) is 1. The highest BCUT2D eigenvalue weighted by Crippen LogP contribution is 2.23. The van der Waals surface area contributed by atoms with E-state index in [1.165, 1.54) is 0 Å². The second kappa shape index (κ2) is 8.04. The van der Waals surface area contributed by atoms with E-state index in [0.29, 0.717) is 23.4 Å². The normalized spacial score (nSPS) is 13.6. The van der Waals surface area contributed by atoms with Crippen LogP contribution in [0.5, 0.6) is 0 Å². The van der Waals surface area contributed by atoms with E-state index in [-0.39, 0.29) is 36.5 Å². The largest absolute Gasteiger partial charge is 0.355 e. The fraction of sp³-hybridized carbons (Fsp3) is 0.238. The van der Waals surface area contributed by atoms with E-state index >= 15 is 0 Å². The van der Waals surface area contributed by atoms with Crippen LogP contribution in [-0.4, -0.2) is 42.6 Å². The Balaban J connectivity index is 1.67. The second-order valence-electron chi connectivity index (χ2n) is 6.61. The average molecular weight is 379 g/mol. The lowest BCUT2D eigenvalue weighted by atomic mass is 10.1. The maximum absolute atomic E-state index is 12.6. The van der Waals surface area contributed by atoms with Crippen LogP contribution in [0.4, 0.5) is 5.69 Å². The summed E-state index contributed by atoms with van der Waals surface area (Å²) < 4.78 is 0. The van der Waals surface area contributed by atoms with Crippen molar-refractivity contribution in [1.82, 2.24) is 10.2 Å². The summed E-state index contributed by atoms with van der Waals surface area (Å²) >= 11 is 0. The van der Waals surface area contributed by atoms with Gasteiger partial charge in [0, 0.05) is 44.6 Å². The van der Waals surface area contributed by atoms with Crippen LogP contribution < -0.4 is 10.2 Å². The van der Waals surface area contributed by atoms with E-state index in [1.54, 1.807) is 55.4 Å². The van der Waals surface area contributed by atoms with Gasteiger partial charge in [-0.05, 0) is 42.0 Å². The van der Waals surface area contributed by atoms with Crippen molar-refractivity contribution >= 4 is 29.3 Å². The molecular formula is C21H21N3O4. The van der Waals surface area contributed by atoms with Crippen LogP contribution in [0.25, 0.3) is 0 Å². The third-order valence-electron chi connectivity index (χ3n) is 4.63. The Morgan fingerprint density at radius 3 is 2.00 bits per heavy atom. The molecule has 4 amide bonds. The number of imide groups is 1. The van der Waals surface area contributed by atoms with Crippen LogP contribution in [-0.2, 0) is 16.1 Å². The van der Waals surface area contributed by atoms with Crippen LogP contribution >= 0.6 is 0 Å². The minimum absolute atomic E-state index is 0.161. The van der Waals surface area contributed by atoms with Crippen LogP contribution in [0, 0.1) is 0 Å². The van der Waals surface area contributed by atoms with E-state index in [0.717, 1.165) is 10.5 Å². The summed E-state index contributed by atoms with van der Waals surface area (Å²) in [5.74, 6) is -0.783. The van der Waals surface area contributed by atoms with Crippen molar-refractivity contribution in [2.45, 2.75) is 19.4 Å². The SMILES string of the molecule is CNC(=O)c1ccc(CN(C)C(=O)c2ccc(N3C(=O)CCC3=O)cc2)cc1. The summed E-state index contributed by atoms with van der Waals surface area (Å²) in [7, 11) is 3.26. The zero-order chi connectivity index (χ0) is 20.3. The molecule has 7 nitrogen and oxygen atoms in total. The predicted octanol–water partition coefficient (Wildman–Crippen LogP) is 1.97. The molecule has 0 spiro atoms. The third-order valence-corrected chi connectivity index (χ3v) is 4.63. The van der Waals surface area contributed by atoms with Crippen molar-refractivity contribution in [3.8, 4) is 0 Å². The number of carbonyl (C=O) groups excluding carboxylic acids is 4. The number of nitrogens with one attached hydrogen (secondary N) is 1. The number of carbonyl (C=O) groups is 4. The van der Waals surface area contributed by atoms with Gasteiger partial charge >= 0.3 is 0 Å². The smallest absolute Gasteiger partial charge is 0.253 e. The lowest BCUT2D eigenvalue weighted by Crippen LogP contribution is -2.29. The van der Waals surface area contributed by atoms with Crippen molar-refractivity contribution in [3.05, 3.63) is 65.2 Å². The van der Waals surface area contributed by atoms with E-state index in [2.05, 4.69) is 5.32 Å². The van der Waals surface area contributed by atoms with Crippen LogP contribution in [0.2, 0.25) is 0 Å². The first-order valence-electron chi connectivity index (χ1n) is 8.93. The molecule has 1 heterocycles. The van der Waals surface area contributed by atoms with Crippen LogP contribution in [0.15, 0.2) is 48.5 Å². The summed E-state index contributed by atoms with van der Waals surface area (Å²) in [4.78, 5) is 50.6. The third kappa shape index (κ3) is 3.93. The van der Waals surface area contributed by atoms with Gasteiger partial charge in [0.1, 0.15) is 0 Å². The molecule has 0 saturated carbocycles. The molecule has 2 aromatic carbocycles. The molecule has 0 radical (unpaired) electrons. The fourth-order valence-corrected chi connectivity index (χ4v) is 3.09. The standard InChI is InChI=1S/C21H21N3O4/c1-22-20(27)15-5-3-14(4-6-15)13-23(2)21(28)16-7-9-17(10-8-16)24-18(25)11-12-19(24)26/h3-10H,11-13H2,1-2H3,(H,22,27). The predicted molar refractivity (Wildman–Crippen MR) is 104 cm³/mol. The Morgan fingerprint density at radius 1 is 0.929 bits per heavy atom. The van der Waals surface area contributed by atoms with Crippen molar-refractivity contribution in [3.63, 3.8) is 0 Å². The Labute approximate surface area is 162 Å². The van der Waals surface area contributed by atoms with Gasteiger partial charge in [-0.2, -0.15) is 0 Å². The summed E-state index contributed by atoms with van der Waals surface area (Å²) in [5, 5.41) is 2.56. The monoisotopic (exact) mass is 379 g/mol. The maximum Gasteiger partial charge on any atom is 0.253 e. The van der Waals surface area contributed by atoms with E-state index in [1.807, 2.05) is 12.1 Å². The summed E-state index contributed by atoms with van der Waals surface area (Å²) in [6.07, 6.45) is 0.446. The Morgan fingerprint density at radius 2 is 1.46 bits per heavy atom. The van der Waals surface area contributed by atoms with Gasteiger partial charge in [-0.3, -0.25) is 24.1 Å². The topological polar surface area (TPSA) is 86.8 Å². The molecule has 0 atom stereocenters. The molecule has 0 aromatic heterocycles. The Bertz CT molecular complexity index is 904. The molecule has 2 aromatic rings. The van der Waals surface area contributed by atoms with Crippen molar-refractivity contribution in [2.24, 2.45) is 0 Å². The van der Waals surface area contributed by atoms with Crippen LogP contribution in [0.1, 0.15) is 39.1 Å². The van der Waals surface area contributed by atoms with Gasteiger partial charge < -0.3 is 10.2 Å². The van der Waals surface area contributed by atoms with E-state index in [9.17, 15) is 19.2 Å². The molecule has 1 saturated heterocycles. The van der Waals surface area contributed by atoms with Crippen molar-refractivity contribution < 1.29 is 19.2 Å². The molecule has 28 heavy (non-hydrogen) atoms. The Kier molecular flexibility index (Phi) is 5.54. The molecule has 1 aliphatic heterocycles. The van der Waals surface area contributed by atoms with E-state index < -0.39 is 0 Å². The first-order chi connectivity index (χ1) is 13.4. The number of anilines is 1. The lowest BCUT2D eigenvalue weighted by molar-refractivity contribution is -0.121. The van der Waals surface area contributed by atoms with Gasteiger partial charge in [-0.25, -0.2) is 0 Å². The number of benzene rings is 2. The minimum Gasteiger partial charge on any atom is -0.355 e. The van der Waals surface area contributed by atoms with Crippen molar-refractivity contribution in [1.29, 1.82) is 0 Å². The minimum atomic E-state index is -0.221. The highest BCUT2D eigenvalue weighted by atomic mass is 16.2. The number of amides is 4. The first kappa shape index (κ1) is 19.3. The summed E-state index contributed by atoms with van der Waals surface area (Å²) in [6, 6.07) is 13.5. The molecule has 0 aliphatic carbocycles. The van der Waals surface area contributed by atoms with Crippen molar-refractivity contribution in [2.75, 3.05) is 19.0 Å². The fourth-order valence-electron chi connectivity index (χ4n) is 3.09. The molecule has 7 heteroatoms. The van der Waals surface area contributed by atoms with Gasteiger partial charge in [0.05, 0.1) is 5.69 Å². The molecule has 1 fully saturated rings. The number of rotatable bonds is 5. The average Bonchev–Trinajstić information content (AvgIpc) is 3.05. The highest BCUT2D eigenvalue weighted by molar-refractivity contribution is 6.19. The summed E-state index contributed by atoms with van der Waals surface area (Å²) in [5.41, 5.74) is 2.40. The van der Waals surface area contributed by atoms with Gasteiger partial charge in [-0.1, -0.05) is 12.1 Å². The molecule has 144 valence electrons. The zero-order valence-electron chi connectivity index (χ0n) is 15.8. The molecule has 3 rings (SSSR count). The second-order valence-corrected chi connectivity index (χ2v) is 6.61. The maximum atomic E-state index is 12.6. The number of hydrogen-bond acceptors (Lipinski definition) is 4. The zero-order valence-corrected chi connectivity index (χ0v) is 15.8. The number of nitrogens with zero attached hydrogens (tertiary/aromatic N) is 2. The molecule has 0 unspecified atom stereocenters. The molecule has 1 N–H and O–H groups in total. The van der Waals surface area contributed by atoms with Gasteiger partial charge in [0.2, 0.25) is 11.8 Å². The lowest BCUT2D eigenvalue weighted by Gasteiger charge is -2.19. The quantitative estimate of drug-likeness (QED) is 0.805. The summed E-state index contributed by atoms with van der Waals surface area (Å²) in [6.45, 7) is 0.387. The van der Waals surface area contributed by atoms with Crippen LogP contribution in [0.3, 0.4) is 0 Å². The molecule has 1 aliphatic rings. The molecular weight excluding hydrogens is 358 g/mol. The first-order valence-corrected chi connectivity index (χ1v) is 8.93. The Hall–Kier alpha value is -3.48.